The van der Waals surface area contributed by atoms with Crippen molar-refractivity contribution >= 4 is 0 Å². The summed E-state index contributed by atoms with van der Waals surface area (Å²) in [6, 6.07) is 0.558. The third-order valence-electron chi connectivity index (χ3n) is 3.37. The van der Waals surface area contributed by atoms with Gasteiger partial charge in [0.05, 0.1) is 18.2 Å². The Hall–Kier alpha value is -1.01. The van der Waals surface area contributed by atoms with Gasteiger partial charge in [0.2, 0.25) is 0 Å². The van der Waals surface area contributed by atoms with E-state index in [9.17, 15) is 0 Å². The second-order valence-corrected chi connectivity index (χ2v) is 4.32. The van der Waals surface area contributed by atoms with Gasteiger partial charge in [0.25, 0.3) is 0 Å². The van der Waals surface area contributed by atoms with Crippen molar-refractivity contribution in [3.05, 3.63) is 5.82 Å². The van der Waals surface area contributed by atoms with Crippen LogP contribution in [0.15, 0.2) is 0 Å². The maximum absolute atomic E-state index is 5.37. The Morgan fingerprint density at radius 3 is 2.94 bits per heavy atom. The zero-order valence-electron chi connectivity index (χ0n) is 10.1. The summed E-state index contributed by atoms with van der Waals surface area (Å²) in [5, 5.41) is 15.1. The summed E-state index contributed by atoms with van der Waals surface area (Å²) < 4.78 is 7.31. The average Bonchev–Trinajstić information content (AvgIpc) is 2.95. The van der Waals surface area contributed by atoms with E-state index >= 15 is 0 Å². The van der Waals surface area contributed by atoms with Gasteiger partial charge in [0.15, 0.2) is 5.82 Å². The Morgan fingerprint density at radius 1 is 1.50 bits per heavy atom. The summed E-state index contributed by atoms with van der Waals surface area (Å²) in [5.41, 5.74) is 0. The van der Waals surface area contributed by atoms with E-state index in [2.05, 4.69) is 27.8 Å². The second-order valence-electron chi connectivity index (χ2n) is 4.32. The Bertz CT molecular complexity index is 340. The van der Waals surface area contributed by atoms with E-state index in [0.717, 1.165) is 25.1 Å². The predicted molar refractivity (Wildman–Crippen MR) is 59.0 cm³/mol. The SMILES string of the molecule is CNC(C)c1nnnn1C1CCC(OC)C1. The lowest BCUT2D eigenvalue weighted by Gasteiger charge is -2.15. The van der Waals surface area contributed by atoms with Gasteiger partial charge in [-0.2, -0.15) is 0 Å². The number of aromatic nitrogens is 4. The molecule has 3 unspecified atom stereocenters. The molecule has 0 aromatic carbocycles. The summed E-state index contributed by atoms with van der Waals surface area (Å²) in [5.74, 6) is 0.907. The zero-order chi connectivity index (χ0) is 11.5. The first-order valence-corrected chi connectivity index (χ1v) is 5.74. The van der Waals surface area contributed by atoms with Gasteiger partial charge in [0, 0.05) is 7.11 Å². The molecule has 1 aromatic rings. The maximum Gasteiger partial charge on any atom is 0.168 e. The van der Waals surface area contributed by atoms with Gasteiger partial charge in [-0.15, -0.1) is 5.10 Å². The van der Waals surface area contributed by atoms with E-state index < -0.39 is 0 Å². The van der Waals surface area contributed by atoms with E-state index in [4.69, 9.17) is 4.74 Å². The first-order chi connectivity index (χ1) is 7.76. The van der Waals surface area contributed by atoms with Crippen LogP contribution in [0.4, 0.5) is 0 Å². The van der Waals surface area contributed by atoms with Crippen LogP contribution < -0.4 is 5.32 Å². The molecule has 1 heterocycles. The van der Waals surface area contributed by atoms with E-state index in [1.165, 1.54) is 0 Å². The smallest absolute Gasteiger partial charge is 0.168 e. The van der Waals surface area contributed by atoms with Crippen molar-refractivity contribution in [1.29, 1.82) is 0 Å². The Kier molecular flexibility index (Phi) is 3.50. The lowest BCUT2D eigenvalue weighted by molar-refractivity contribution is 0.105. The van der Waals surface area contributed by atoms with Gasteiger partial charge in [-0.3, -0.25) is 0 Å². The van der Waals surface area contributed by atoms with Gasteiger partial charge in [0.1, 0.15) is 0 Å². The number of rotatable bonds is 4. The lowest BCUT2D eigenvalue weighted by atomic mass is 10.2. The molecule has 1 fully saturated rings. The van der Waals surface area contributed by atoms with Gasteiger partial charge < -0.3 is 10.1 Å². The molecule has 3 atom stereocenters. The second kappa shape index (κ2) is 4.88. The highest BCUT2D eigenvalue weighted by atomic mass is 16.5. The molecular weight excluding hydrogens is 206 g/mol. The van der Waals surface area contributed by atoms with Crippen molar-refractivity contribution in [3.8, 4) is 0 Å². The fraction of sp³-hybridized carbons (Fsp3) is 0.900. The quantitative estimate of drug-likeness (QED) is 0.817. The average molecular weight is 225 g/mol. The highest BCUT2D eigenvalue weighted by Gasteiger charge is 2.29. The molecule has 0 aliphatic heterocycles. The number of hydrogen-bond donors (Lipinski definition) is 1. The van der Waals surface area contributed by atoms with Gasteiger partial charge >= 0.3 is 0 Å². The Labute approximate surface area is 95.4 Å². The van der Waals surface area contributed by atoms with Crippen LogP contribution >= 0.6 is 0 Å². The predicted octanol–water partition coefficient (Wildman–Crippen LogP) is 0.693. The first-order valence-electron chi connectivity index (χ1n) is 5.74. The van der Waals surface area contributed by atoms with E-state index in [0.29, 0.717) is 12.1 Å². The lowest BCUT2D eigenvalue weighted by Crippen LogP contribution is -2.21. The topological polar surface area (TPSA) is 64.9 Å². The maximum atomic E-state index is 5.37. The number of tetrazole rings is 1. The molecule has 1 aromatic heterocycles. The number of hydrogen-bond acceptors (Lipinski definition) is 5. The normalized spacial score (nSPS) is 27.2. The van der Waals surface area contributed by atoms with Crippen LogP contribution in [-0.2, 0) is 4.74 Å². The molecule has 0 amide bonds. The summed E-state index contributed by atoms with van der Waals surface area (Å²) in [4.78, 5) is 0. The molecule has 0 radical (unpaired) electrons. The van der Waals surface area contributed by atoms with Gasteiger partial charge in [-0.1, -0.05) is 0 Å². The van der Waals surface area contributed by atoms with Crippen LogP contribution in [0, 0.1) is 0 Å². The van der Waals surface area contributed by atoms with E-state index in [1.807, 2.05) is 11.7 Å². The Morgan fingerprint density at radius 2 is 2.31 bits per heavy atom. The molecule has 1 aliphatic rings. The molecule has 1 saturated carbocycles. The van der Waals surface area contributed by atoms with Crippen molar-refractivity contribution in [3.63, 3.8) is 0 Å². The molecule has 0 spiro atoms. The highest BCUT2D eigenvalue weighted by molar-refractivity contribution is 4.93. The molecule has 0 saturated heterocycles. The fourth-order valence-electron chi connectivity index (χ4n) is 2.23. The minimum Gasteiger partial charge on any atom is -0.381 e. The fourth-order valence-corrected chi connectivity index (χ4v) is 2.23. The minimum atomic E-state index is 0.177. The van der Waals surface area contributed by atoms with Crippen molar-refractivity contribution in [2.24, 2.45) is 0 Å². The van der Waals surface area contributed by atoms with E-state index in [1.54, 1.807) is 7.11 Å². The first kappa shape index (κ1) is 11.5. The number of nitrogens with zero attached hydrogens (tertiary/aromatic N) is 4. The van der Waals surface area contributed by atoms with Crippen molar-refractivity contribution in [1.82, 2.24) is 25.5 Å². The van der Waals surface area contributed by atoms with Gasteiger partial charge in [-0.25, -0.2) is 4.68 Å². The van der Waals surface area contributed by atoms with Crippen LogP contribution in [0.1, 0.15) is 44.1 Å². The zero-order valence-corrected chi connectivity index (χ0v) is 10.1. The summed E-state index contributed by atoms with van der Waals surface area (Å²) in [6.45, 7) is 2.06. The summed E-state index contributed by atoms with van der Waals surface area (Å²) in [7, 11) is 3.68. The van der Waals surface area contributed by atoms with Crippen LogP contribution in [0.3, 0.4) is 0 Å². The molecule has 1 N–H and O–H groups in total. The van der Waals surface area contributed by atoms with Crippen LogP contribution in [-0.4, -0.2) is 40.5 Å². The molecule has 90 valence electrons. The molecular formula is C10H19N5O. The number of ether oxygens (including phenoxy) is 1. The molecule has 1 aliphatic carbocycles. The monoisotopic (exact) mass is 225 g/mol. The van der Waals surface area contributed by atoms with Gasteiger partial charge in [-0.05, 0) is 43.7 Å². The van der Waals surface area contributed by atoms with Crippen LogP contribution in [0.25, 0.3) is 0 Å². The Balaban J connectivity index is 2.12. The number of nitrogens with one attached hydrogen (secondary N) is 1. The molecule has 2 rings (SSSR count). The third-order valence-corrected chi connectivity index (χ3v) is 3.37. The number of methoxy groups -OCH3 is 1. The van der Waals surface area contributed by atoms with Crippen molar-refractivity contribution in [2.45, 2.75) is 44.4 Å². The molecule has 6 heteroatoms. The highest BCUT2D eigenvalue weighted by Crippen LogP contribution is 2.32. The largest absolute Gasteiger partial charge is 0.381 e. The van der Waals surface area contributed by atoms with Crippen molar-refractivity contribution in [2.75, 3.05) is 14.2 Å². The summed E-state index contributed by atoms with van der Waals surface area (Å²) in [6.07, 6.45) is 3.54. The van der Waals surface area contributed by atoms with E-state index in [-0.39, 0.29) is 6.04 Å². The molecule has 6 nitrogen and oxygen atoms in total. The standard InChI is InChI=1S/C10H19N5O/c1-7(11-2)10-12-13-14-15(10)8-4-5-9(6-8)16-3/h7-9,11H,4-6H2,1-3H3. The minimum absolute atomic E-state index is 0.177. The summed E-state index contributed by atoms with van der Waals surface area (Å²) >= 11 is 0. The van der Waals surface area contributed by atoms with Crippen LogP contribution in [0.2, 0.25) is 0 Å². The van der Waals surface area contributed by atoms with Crippen LogP contribution in [0.5, 0.6) is 0 Å². The molecule has 16 heavy (non-hydrogen) atoms. The van der Waals surface area contributed by atoms with Crippen molar-refractivity contribution < 1.29 is 4.74 Å². The molecule has 0 bridgehead atoms. The third kappa shape index (κ3) is 2.08.